The van der Waals surface area contributed by atoms with E-state index in [0.717, 1.165) is 16.6 Å². The lowest BCUT2D eigenvalue weighted by Gasteiger charge is -2.12. The Balaban J connectivity index is 1.69. The molecular weight excluding hydrogens is 264 g/mol. The Labute approximate surface area is 121 Å². The molecule has 0 aliphatic carbocycles. The quantitative estimate of drug-likeness (QED) is 0.732. The fraction of sp³-hybridized carbons (Fsp3) is 0.0588. The topological polar surface area (TPSA) is 53.2 Å². The van der Waals surface area contributed by atoms with Crippen LogP contribution in [0.4, 0.5) is 0 Å². The molecule has 4 heteroatoms. The van der Waals surface area contributed by atoms with Crippen LogP contribution in [0.5, 0.6) is 0 Å². The number of fused-ring (bicyclic) bond motifs is 2. The van der Waals surface area contributed by atoms with E-state index in [0.29, 0.717) is 11.1 Å². The molecule has 0 fully saturated rings. The Hall–Kier alpha value is -2.88. The normalized spacial score (nSPS) is 14.0. The Morgan fingerprint density at radius 3 is 2.14 bits per heavy atom. The molecule has 2 heterocycles. The average Bonchev–Trinajstić information content (AvgIpc) is 3.02. The second kappa shape index (κ2) is 4.31. The lowest BCUT2D eigenvalue weighted by Crippen LogP contribution is -2.29. The van der Waals surface area contributed by atoms with E-state index in [1.165, 1.54) is 4.90 Å². The number of para-hydroxylation sites is 1. The number of H-pyrrole nitrogens is 1. The third-order valence-corrected chi connectivity index (χ3v) is 3.79. The van der Waals surface area contributed by atoms with Gasteiger partial charge in [0.25, 0.3) is 11.8 Å². The van der Waals surface area contributed by atoms with Crippen LogP contribution in [0.15, 0.2) is 54.6 Å². The maximum atomic E-state index is 12.3. The van der Waals surface area contributed by atoms with Gasteiger partial charge >= 0.3 is 0 Å². The summed E-state index contributed by atoms with van der Waals surface area (Å²) in [6.07, 6.45) is 0. The first-order valence-electron chi connectivity index (χ1n) is 6.76. The van der Waals surface area contributed by atoms with E-state index in [-0.39, 0.29) is 18.4 Å². The molecule has 0 bridgehead atoms. The summed E-state index contributed by atoms with van der Waals surface area (Å²) in [5.41, 5.74) is 2.83. The van der Waals surface area contributed by atoms with E-state index >= 15 is 0 Å². The van der Waals surface area contributed by atoms with Crippen molar-refractivity contribution in [3.8, 4) is 0 Å². The van der Waals surface area contributed by atoms with Crippen molar-refractivity contribution in [3.05, 3.63) is 71.4 Å². The second-order valence-electron chi connectivity index (χ2n) is 5.12. The largest absolute Gasteiger partial charge is 0.357 e. The number of hydrogen-bond acceptors (Lipinski definition) is 2. The third kappa shape index (κ3) is 1.76. The van der Waals surface area contributed by atoms with Crippen molar-refractivity contribution in [2.45, 2.75) is 6.54 Å². The molecule has 0 atom stereocenters. The number of benzene rings is 2. The summed E-state index contributed by atoms with van der Waals surface area (Å²) in [5, 5.41) is 1.07. The Morgan fingerprint density at radius 2 is 1.48 bits per heavy atom. The van der Waals surface area contributed by atoms with Gasteiger partial charge in [-0.15, -0.1) is 0 Å². The van der Waals surface area contributed by atoms with Gasteiger partial charge in [0.15, 0.2) is 0 Å². The van der Waals surface area contributed by atoms with E-state index in [9.17, 15) is 9.59 Å². The highest BCUT2D eigenvalue weighted by atomic mass is 16.2. The van der Waals surface area contributed by atoms with Crippen molar-refractivity contribution in [2.75, 3.05) is 0 Å². The van der Waals surface area contributed by atoms with Gasteiger partial charge in [-0.25, -0.2) is 0 Å². The van der Waals surface area contributed by atoms with E-state index < -0.39 is 0 Å². The van der Waals surface area contributed by atoms with Crippen molar-refractivity contribution < 1.29 is 9.59 Å². The van der Waals surface area contributed by atoms with Gasteiger partial charge in [-0.2, -0.15) is 0 Å². The van der Waals surface area contributed by atoms with Gasteiger partial charge in [0.05, 0.1) is 17.7 Å². The third-order valence-electron chi connectivity index (χ3n) is 3.79. The van der Waals surface area contributed by atoms with Crippen LogP contribution in [0.25, 0.3) is 10.9 Å². The van der Waals surface area contributed by atoms with E-state index in [2.05, 4.69) is 4.98 Å². The van der Waals surface area contributed by atoms with Crippen LogP contribution in [0.2, 0.25) is 0 Å². The molecule has 1 N–H and O–H groups in total. The predicted octanol–water partition coefficient (Wildman–Crippen LogP) is 2.96. The average molecular weight is 276 g/mol. The molecule has 4 rings (SSSR count). The molecule has 2 aromatic carbocycles. The molecule has 0 saturated carbocycles. The first-order valence-corrected chi connectivity index (χ1v) is 6.76. The van der Waals surface area contributed by atoms with Gasteiger partial charge in [0.1, 0.15) is 0 Å². The molecule has 1 aromatic heterocycles. The monoisotopic (exact) mass is 276 g/mol. The number of nitrogens with one attached hydrogen (secondary N) is 1. The molecule has 4 nitrogen and oxygen atoms in total. The second-order valence-corrected chi connectivity index (χ2v) is 5.12. The number of carbonyl (C=O) groups is 2. The molecular formula is C17H12N2O2. The minimum Gasteiger partial charge on any atom is -0.357 e. The Morgan fingerprint density at radius 1 is 0.857 bits per heavy atom. The number of rotatable bonds is 2. The lowest BCUT2D eigenvalue weighted by molar-refractivity contribution is 0.0640. The van der Waals surface area contributed by atoms with E-state index in [4.69, 9.17) is 0 Å². The maximum absolute atomic E-state index is 12.3. The first-order chi connectivity index (χ1) is 10.2. The molecule has 2 amide bonds. The maximum Gasteiger partial charge on any atom is 0.261 e. The van der Waals surface area contributed by atoms with Gasteiger partial charge in [-0.05, 0) is 29.7 Å². The number of aromatic nitrogens is 1. The lowest BCUT2D eigenvalue weighted by atomic mass is 10.1. The van der Waals surface area contributed by atoms with Crippen molar-refractivity contribution in [1.29, 1.82) is 0 Å². The molecule has 1 aliphatic rings. The van der Waals surface area contributed by atoms with Crippen molar-refractivity contribution in [2.24, 2.45) is 0 Å². The van der Waals surface area contributed by atoms with Gasteiger partial charge in [0.2, 0.25) is 0 Å². The summed E-state index contributed by atoms with van der Waals surface area (Å²) in [4.78, 5) is 29.2. The summed E-state index contributed by atoms with van der Waals surface area (Å²) < 4.78 is 0. The van der Waals surface area contributed by atoms with E-state index in [1.54, 1.807) is 24.3 Å². The zero-order chi connectivity index (χ0) is 14.4. The zero-order valence-electron chi connectivity index (χ0n) is 11.2. The molecule has 1 aliphatic heterocycles. The molecule has 0 spiro atoms. The fourth-order valence-electron chi connectivity index (χ4n) is 2.77. The van der Waals surface area contributed by atoms with Gasteiger partial charge in [-0.1, -0.05) is 30.3 Å². The van der Waals surface area contributed by atoms with Crippen molar-refractivity contribution in [3.63, 3.8) is 0 Å². The molecule has 0 unspecified atom stereocenters. The Kier molecular flexibility index (Phi) is 2.44. The highest BCUT2D eigenvalue weighted by Gasteiger charge is 2.35. The minimum absolute atomic E-state index is 0.228. The summed E-state index contributed by atoms with van der Waals surface area (Å²) in [6.45, 7) is 0.265. The molecule has 0 radical (unpaired) electrons. The summed E-state index contributed by atoms with van der Waals surface area (Å²) in [7, 11) is 0. The zero-order valence-corrected chi connectivity index (χ0v) is 11.2. The smallest absolute Gasteiger partial charge is 0.261 e. The number of imide groups is 1. The number of nitrogens with zero attached hydrogens (tertiary/aromatic N) is 1. The number of aromatic amines is 1. The molecule has 0 saturated heterocycles. The van der Waals surface area contributed by atoms with Crippen LogP contribution in [0.3, 0.4) is 0 Å². The standard InChI is InChI=1S/C17H12N2O2/c20-16-13-6-2-3-7-14(13)17(21)19(16)10-12-9-11-5-1-4-8-15(11)18-12/h1-9,18H,10H2. The number of amides is 2. The minimum atomic E-state index is -0.228. The number of carbonyl (C=O) groups excluding carboxylic acids is 2. The van der Waals surface area contributed by atoms with Gasteiger partial charge in [-0.3, -0.25) is 14.5 Å². The first kappa shape index (κ1) is 11.9. The van der Waals surface area contributed by atoms with Gasteiger partial charge in [0, 0.05) is 11.2 Å². The summed E-state index contributed by atoms with van der Waals surface area (Å²) >= 11 is 0. The van der Waals surface area contributed by atoms with Crippen LogP contribution >= 0.6 is 0 Å². The highest BCUT2D eigenvalue weighted by molar-refractivity contribution is 6.21. The molecule has 102 valence electrons. The fourth-order valence-corrected chi connectivity index (χ4v) is 2.77. The van der Waals surface area contributed by atoms with Crippen LogP contribution in [0.1, 0.15) is 26.4 Å². The number of hydrogen-bond donors (Lipinski definition) is 1. The van der Waals surface area contributed by atoms with Crippen LogP contribution in [-0.2, 0) is 6.54 Å². The Bertz CT molecular complexity index is 811. The predicted molar refractivity (Wildman–Crippen MR) is 78.9 cm³/mol. The SMILES string of the molecule is O=C1c2ccccc2C(=O)N1Cc1cc2ccccc2[nH]1. The highest BCUT2D eigenvalue weighted by Crippen LogP contribution is 2.25. The van der Waals surface area contributed by atoms with Crippen LogP contribution in [-0.4, -0.2) is 21.7 Å². The van der Waals surface area contributed by atoms with Crippen molar-refractivity contribution in [1.82, 2.24) is 9.88 Å². The summed E-state index contributed by atoms with van der Waals surface area (Å²) in [6, 6.07) is 16.8. The van der Waals surface area contributed by atoms with Crippen LogP contribution < -0.4 is 0 Å². The molecule has 3 aromatic rings. The van der Waals surface area contributed by atoms with Crippen molar-refractivity contribution >= 4 is 22.7 Å². The van der Waals surface area contributed by atoms with Crippen LogP contribution in [0, 0.1) is 0 Å². The molecule has 21 heavy (non-hydrogen) atoms. The summed E-state index contributed by atoms with van der Waals surface area (Å²) in [5.74, 6) is -0.455. The van der Waals surface area contributed by atoms with Gasteiger partial charge < -0.3 is 4.98 Å². The van der Waals surface area contributed by atoms with E-state index in [1.807, 2.05) is 30.3 Å².